The van der Waals surface area contributed by atoms with Crippen molar-refractivity contribution in [1.82, 2.24) is 0 Å². The SMILES string of the molecule is C=c1ccc(=C(c2ccc(C)cc2)c2ccc3c(c2)CCc2ccccc2N3CCCC)cc1.CC.CC.CO. The summed E-state index contributed by atoms with van der Waals surface area (Å²) in [6, 6.07) is 33.6. The fraction of sp³-hybridized carbons (Fsp3) is 0.316. The average Bonchev–Trinajstić information content (AvgIpc) is 3.17. The summed E-state index contributed by atoms with van der Waals surface area (Å²) in [5.74, 6) is 0. The zero-order valence-electron chi connectivity index (χ0n) is 25.8. The lowest BCUT2D eigenvalue weighted by molar-refractivity contribution is 0.399. The van der Waals surface area contributed by atoms with Crippen molar-refractivity contribution in [2.24, 2.45) is 0 Å². The van der Waals surface area contributed by atoms with Gasteiger partial charge in [0, 0.05) is 25.0 Å². The zero-order valence-corrected chi connectivity index (χ0v) is 25.8. The van der Waals surface area contributed by atoms with Gasteiger partial charge in [-0.1, -0.05) is 126 Å². The highest BCUT2D eigenvalue weighted by Crippen LogP contribution is 2.38. The van der Waals surface area contributed by atoms with E-state index in [-0.39, 0.29) is 0 Å². The number of aliphatic hydroxyl groups is 1. The van der Waals surface area contributed by atoms with E-state index in [0.29, 0.717) is 0 Å². The summed E-state index contributed by atoms with van der Waals surface area (Å²) >= 11 is 0. The molecule has 0 atom stereocenters. The van der Waals surface area contributed by atoms with E-state index in [0.717, 1.165) is 31.7 Å². The van der Waals surface area contributed by atoms with Crippen LogP contribution in [0.15, 0.2) is 91.0 Å². The lowest BCUT2D eigenvalue weighted by atomic mass is 9.92. The minimum absolute atomic E-state index is 1.00. The number of aryl methyl sites for hydroxylation is 3. The molecule has 1 heterocycles. The Bertz CT molecular complexity index is 1400. The van der Waals surface area contributed by atoms with Crippen LogP contribution in [0.4, 0.5) is 11.4 Å². The van der Waals surface area contributed by atoms with Gasteiger partial charge in [0.25, 0.3) is 0 Å². The van der Waals surface area contributed by atoms with Gasteiger partial charge in [0.05, 0.1) is 0 Å². The normalized spacial score (nSPS) is 11.2. The molecule has 1 N–H and O–H groups in total. The Morgan fingerprint density at radius 2 is 1.30 bits per heavy atom. The Labute approximate surface area is 243 Å². The highest BCUT2D eigenvalue weighted by Gasteiger charge is 2.21. The maximum absolute atomic E-state index is 7.00. The third-order valence-corrected chi connectivity index (χ3v) is 6.92. The van der Waals surface area contributed by atoms with Gasteiger partial charge in [-0.05, 0) is 82.6 Å². The van der Waals surface area contributed by atoms with Gasteiger partial charge in [0.1, 0.15) is 0 Å². The minimum Gasteiger partial charge on any atom is -0.400 e. The Balaban J connectivity index is 0.000000876. The molecule has 0 spiro atoms. The molecule has 0 saturated carbocycles. The van der Waals surface area contributed by atoms with Crippen molar-refractivity contribution >= 4 is 23.5 Å². The molecule has 0 amide bonds. The van der Waals surface area contributed by atoms with Crippen molar-refractivity contribution in [2.45, 2.75) is 67.2 Å². The van der Waals surface area contributed by atoms with Crippen LogP contribution in [0.25, 0.3) is 12.2 Å². The van der Waals surface area contributed by atoms with Gasteiger partial charge in [-0.15, -0.1) is 0 Å². The third-order valence-electron chi connectivity index (χ3n) is 6.92. The molecule has 4 aromatic carbocycles. The van der Waals surface area contributed by atoms with Crippen LogP contribution >= 0.6 is 0 Å². The maximum Gasteiger partial charge on any atom is 0.0443 e. The first-order chi connectivity index (χ1) is 19.6. The van der Waals surface area contributed by atoms with Crippen molar-refractivity contribution in [2.75, 3.05) is 18.6 Å². The predicted octanol–water partition coefficient (Wildman–Crippen LogP) is 8.35. The van der Waals surface area contributed by atoms with E-state index < -0.39 is 0 Å². The molecule has 40 heavy (non-hydrogen) atoms. The standard InChI is InChI=1S/C33H33N.2C2H6.CH4O/c1-4-5-22-34-31-9-7-6-8-26(31)18-19-29-23-30(20-21-32(29)34)33(27-14-10-24(2)11-15-27)28-16-12-25(3)13-17-28;3*1-2/h6-17,20-21,23H,2,4-5,18-19,22H2,1,3H3;2*1-2H3;2H,1H3. The average molecular weight is 536 g/mol. The van der Waals surface area contributed by atoms with Crippen LogP contribution in [0.3, 0.4) is 0 Å². The molecular weight excluding hydrogens is 486 g/mol. The number of hydrogen-bond donors (Lipinski definition) is 1. The van der Waals surface area contributed by atoms with Crippen LogP contribution in [-0.4, -0.2) is 18.8 Å². The molecule has 0 aliphatic carbocycles. The third kappa shape index (κ3) is 7.96. The highest BCUT2D eigenvalue weighted by molar-refractivity contribution is 5.82. The van der Waals surface area contributed by atoms with Gasteiger partial charge in [-0.3, -0.25) is 0 Å². The quantitative estimate of drug-likeness (QED) is 0.278. The molecule has 0 fully saturated rings. The molecule has 2 nitrogen and oxygen atoms in total. The largest absolute Gasteiger partial charge is 0.400 e. The summed E-state index contributed by atoms with van der Waals surface area (Å²) in [7, 11) is 1.00. The first-order valence-corrected chi connectivity index (χ1v) is 14.9. The van der Waals surface area contributed by atoms with E-state index in [1.165, 1.54) is 62.8 Å². The second kappa shape index (κ2) is 17.2. The van der Waals surface area contributed by atoms with Crippen LogP contribution in [0.1, 0.15) is 75.3 Å². The van der Waals surface area contributed by atoms with Crippen molar-refractivity contribution in [3.8, 4) is 0 Å². The number of unbranched alkanes of at least 4 members (excludes halogenated alkanes) is 1. The molecule has 0 radical (unpaired) electrons. The van der Waals surface area contributed by atoms with E-state index in [1.807, 2.05) is 27.7 Å². The molecule has 1 aliphatic rings. The summed E-state index contributed by atoms with van der Waals surface area (Å²) in [5.41, 5.74) is 10.7. The van der Waals surface area contributed by atoms with Crippen LogP contribution in [0.2, 0.25) is 0 Å². The second-order valence-corrected chi connectivity index (χ2v) is 9.42. The lowest BCUT2D eigenvalue weighted by Crippen LogP contribution is -2.19. The molecule has 5 rings (SSSR count). The number of fused-ring (bicyclic) bond motifs is 2. The monoisotopic (exact) mass is 535 g/mol. The second-order valence-electron chi connectivity index (χ2n) is 9.42. The van der Waals surface area contributed by atoms with E-state index in [1.54, 1.807) is 0 Å². The molecule has 0 saturated heterocycles. The van der Waals surface area contributed by atoms with E-state index in [4.69, 9.17) is 5.11 Å². The van der Waals surface area contributed by atoms with E-state index in [9.17, 15) is 0 Å². The Morgan fingerprint density at radius 3 is 1.95 bits per heavy atom. The number of benzene rings is 4. The minimum atomic E-state index is 1.00. The van der Waals surface area contributed by atoms with Crippen LogP contribution in [0, 0.1) is 6.92 Å². The Morgan fingerprint density at radius 1 is 0.725 bits per heavy atom. The number of para-hydroxylation sites is 1. The topological polar surface area (TPSA) is 23.5 Å². The van der Waals surface area contributed by atoms with Gasteiger partial charge in [-0.25, -0.2) is 0 Å². The molecule has 2 heteroatoms. The summed E-state index contributed by atoms with van der Waals surface area (Å²) in [5, 5.41) is 9.27. The highest BCUT2D eigenvalue weighted by atomic mass is 16.2. The van der Waals surface area contributed by atoms with Gasteiger partial charge in [-0.2, -0.15) is 0 Å². The first kappa shape index (κ1) is 32.6. The maximum atomic E-state index is 7.00. The number of nitrogens with zero attached hydrogens (tertiary/aromatic N) is 1. The Kier molecular flexibility index (Phi) is 14.0. The molecule has 0 unspecified atom stereocenters. The fourth-order valence-corrected chi connectivity index (χ4v) is 5.04. The van der Waals surface area contributed by atoms with Crippen LogP contribution < -0.4 is 15.3 Å². The molecule has 212 valence electrons. The summed E-state index contributed by atoms with van der Waals surface area (Å²) in [4.78, 5) is 2.55. The number of aliphatic hydroxyl groups excluding tert-OH is 1. The van der Waals surface area contributed by atoms with Crippen LogP contribution in [-0.2, 0) is 12.8 Å². The molecule has 1 aliphatic heterocycles. The number of rotatable bonds is 5. The summed E-state index contributed by atoms with van der Waals surface area (Å²) in [6.07, 6.45) is 4.51. The van der Waals surface area contributed by atoms with E-state index in [2.05, 4.69) is 116 Å². The zero-order chi connectivity index (χ0) is 29.5. The number of anilines is 2. The molecule has 4 aromatic rings. The smallest absolute Gasteiger partial charge is 0.0443 e. The molecule has 0 bridgehead atoms. The van der Waals surface area contributed by atoms with Gasteiger partial charge >= 0.3 is 0 Å². The van der Waals surface area contributed by atoms with Gasteiger partial charge < -0.3 is 10.0 Å². The van der Waals surface area contributed by atoms with Crippen molar-refractivity contribution in [1.29, 1.82) is 0 Å². The van der Waals surface area contributed by atoms with Crippen LogP contribution in [0.5, 0.6) is 0 Å². The Hall–Kier alpha value is -3.62. The van der Waals surface area contributed by atoms with E-state index >= 15 is 0 Å². The summed E-state index contributed by atoms with van der Waals surface area (Å²) in [6.45, 7) is 17.6. The molecule has 0 aromatic heterocycles. The summed E-state index contributed by atoms with van der Waals surface area (Å²) < 4.78 is 0. The van der Waals surface area contributed by atoms with Crippen molar-refractivity contribution in [3.05, 3.63) is 129 Å². The van der Waals surface area contributed by atoms with Gasteiger partial charge in [0.15, 0.2) is 0 Å². The number of hydrogen-bond acceptors (Lipinski definition) is 2. The fourth-order valence-electron chi connectivity index (χ4n) is 5.04. The predicted molar refractivity (Wildman–Crippen MR) is 177 cm³/mol. The van der Waals surface area contributed by atoms with Crippen molar-refractivity contribution < 1.29 is 5.11 Å². The lowest BCUT2D eigenvalue weighted by Gasteiger charge is -2.27. The first-order valence-electron chi connectivity index (χ1n) is 14.9. The molecular formula is C38H49NO. The van der Waals surface area contributed by atoms with Crippen molar-refractivity contribution in [3.63, 3.8) is 0 Å². The van der Waals surface area contributed by atoms with Gasteiger partial charge in [0.2, 0.25) is 0 Å².